The van der Waals surface area contributed by atoms with Crippen LogP contribution in [0.2, 0.25) is 0 Å². The fraction of sp³-hybridized carbons (Fsp3) is 0.500. The summed E-state index contributed by atoms with van der Waals surface area (Å²) in [5, 5.41) is 4.71. The average Bonchev–Trinajstić information content (AvgIpc) is 3.21. The first-order chi connectivity index (χ1) is 15.9. The molecule has 0 saturated carbocycles. The summed E-state index contributed by atoms with van der Waals surface area (Å²) >= 11 is 0. The molecular weight excluding hydrogens is 446 g/mol. The van der Waals surface area contributed by atoms with Crippen molar-refractivity contribution in [1.82, 2.24) is 33.8 Å². The number of nitrogen functional groups attached to an aromatic ring is 1. The van der Waals surface area contributed by atoms with Crippen molar-refractivity contribution in [2.24, 2.45) is 0 Å². The summed E-state index contributed by atoms with van der Waals surface area (Å²) in [6.07, 6.45) is 6.51. The van der Waals surface area contributed by atoms with Gasteiger partial charge < -0.3 is 15.4 Å². The zero-order valence-electron chi connectivity index (χ0n) is 18.5. The average molecular weight is 474 g/mol. The molecule has 33 heavy (non-hydrogen) atoms. The van der Waals surface area contributed by atoms with Gasteiger partial charge in [-0.25, -0.2) is 27.9 Å². The van der Waals surface area contributed by atoms with E-state index in [0.29, 0.717) is 57.3 Å². The quantitative estimate of drug-likeness (QED) is 0.525. The summed E-state index contributed by atoms with van der Waals surface area (Å²) < 4.78 is 32.5. The fourth-order valence-electron chi connectivity index (χ4n) is 4.18. The zero-order valence-corrected chi connectivity index (χ0v) is 19.3. The summed E-state index contributed by atoms with van der Waals surface area (Å²) in [5.41, 5.74) is 8.34. The van der Waals surface area contributed by atoms with E-state index in [1.807, 2.05) is 10.7 Å². The van der Waals surface area contributed by atoms with Crippen molar-refractivity contribution in [2.75, 3.05) is 69.4 Å². The van der Waals surface area contributed by atoms with Crippen LogP contribution in [-0.4, -0.2) is 101 Å². The molecule has 0 bridgehead atoms. The Balaban J connectivity index is 1.45. The van der Waals surface area contributed by atoms with Crippen molar-refractivity contribution in [3.8, 4) is 11.4 Å². The Morgan fingerprint density at radius 2 is 1.76 bits per heavy atom. The third-order valence-corrected chi connectivity index (χ3v) is 7.25. The van der Waals surface area contributed by atoms with Gasteiger partial charge in [0, 0.05) is 64.4 Å². The first-order valence-electron chi connectivity index (χ1n) is 10.8. The Kier molecular flexibility index (Phi) is 5.86. The second-order valence-electron chi connectivity index (χ2n) is 8.30. The van der Waals surface area contributed by atoms with Gasteiger partial charge in [0.15, 0.2) is 11.6 Å². The highest BCUT2D eigenvalue weighted by atomic mass is 32.2. The van der Waals surface area contributed by atoms with Gasteiger partial charge in [-0.3, -0.25) is 4.90 Å². The second kappa shape index (κ2) is 8.82. The lowest BCUT2D eigenvalue weighted by molar-refractivity contribution is 0.122. The number of fused-ring (bicyclic) bond motifs is 1. The maximum absolute atomic E-state index is 11.8. The minimum Gasteiger partial charge on any atom is -0.378 e. The van der Waals surface area contributed by atoms with Crippen LogP contribution >= 0.6 is 0 Å². The third-order valence-electron chi connectivity index (χ3n) is 5.95. The molecule has 0 aromatic carbocycles. The number of hydrogen-bond donors (Lipinski definition) is 1. The van der Waals surface area contributed by atoms with Crippen molar-refractivity contribution in [1.29, 1.82) is 0 Å². The molecule has 12 nitrogen and oxygen atoms in total. The highest BCUT2D eigenvalue weighted by molar-refractivity contribution is 7.88. The lowest BCUT2D eigenvalue weighted by Crippen LogP contribution is -2.47. The maximum atomic E-state index is 11.8. The molecule has 5 heterocycles. The first kappa shape index (κ1) is 21.9. The van der Waals surface area contributed by atoms with E-state index in [-0.39, 0.29) is 5.95 Å². The molecule has 0 aliphatic carbocycles. The number of anilines is 2. The SMILES string of the molecule is CS(=O)(=O)N1CCN(Cc2cc3c(N4CCOCC4)nc(-c4cnc(N)nc4)nn3c2)CC1. The molecule has 2 aliphatic rings. The van der Waals surface area contributed by atoms with Crippen LogP contribution in [-0.2, 0) is 21.3 Å². The van der Waals surface area contributed by atoms with Crippen molar-refractivity contribution < 1.29 is 13.2 Å². The minimum atomic E-state index is -3.14. The summed E-state index contributed by atoms with van der Waals surface area (Å²) in [4.78, 5) is 17.5. The zero-order chi connectivity index (χ0) is 23.0. The summed E-state index contributed by atoms with van der Waals surface area (Å²) in [5.74, 6) is 1.56. The van der Waals surface area contributed by atoms with Crippen LogP contribution in [0.15, 0.2) is 24.7 Å². The second-order valence-corrected chi connectivity index (χ2v) is 10.3. The van der Waals surface area contributed by atoms with Gasteiger partial charge in [-0.2, -0.15) is 4.31 Å². The van der Waals surface area contributed by atoms with Crippen LogP contribution in [0.1, 0.15) is 5.56 Å². The lowest BCUT2D eigenvalue weighted by atomic mass is 10.2. The highest BCUT2D eigenvalue weighted by Crippen LogP contribution is 2.26. The molecule has 5 rings (SSSR count). The Labute approximate surface area is 192 Å². The molecule has 3 aromatic heterocycles. The largest absolute Gasteiger partial charge is 0.378 e. The molecule has 0 atom stereocenters. The molecule has 0 radical (unpaired) electrons. The predicted octanol–water partition coefficient (Wildman–Crippen LogP) is -0.318. The first-order valence-corrected chi connectivity index (χ1v) is 12.7. The van der Waals surface area contributed by atoms with Crippen molar-refractivity contribution in [3.63, 3.8) is 0 Å². The van der Waals surface area contributed by atoms with E-state index in [4.69, 9.17) is 20.6 Å². The summed E-state index contributed by atoms with van der Waals surface area (Å²) in [7, 11) is -3.14. The molecule has 3 aromatic rings. The normalized spacial score (nSPS) is 18.8. The molecule has 13 heteroatoms. The topological polar surface area (TPSA) is 135 Å². The number of morpholine rings is 1. The number of hydrogen-bond acceptors (Lipinski definition) is 10. The monoisotopic (exact) mass is 473 g/mol. The molecule has 176 valence electrons. The van der Waals surface area contributed by atoms with Crippen LogP contribution < -0.4 is 10.6 Å². The van der Waals surface area contributed by atoms with E-state index in [0.717, 1.165) is 30.0 Å². The van der Waals surface area contributed by atoms with Gasteiger partial charge in [0.1, 0.15) is 5.52 Å². The molecule has 2 fully saturated rings. The summed E-state index contributed by atoms with van der Waals surface area (Å²) in [6.45, 7) is 5.90. The third kappa shape index (κ3) is 4.76. The number of sulfonamides is 1. The van der Waals surface area contributed by atoms with Gasteiger partial charge in [0.05, 0.1) is 25.0 Å². The lowest BCUT2D eigenvalue weighted by Gasteiger charge is -2.32. The van der Waals surface area contributed by atoms with Crippen molar-refractivity contribution in [2.45, 2.75) is 6.54 Å². The Hall–Kier alpha value is -2.87. The van der Waals surface area contributed by atoms with Crippen LogP contribution in [0.3, 0.4) is 0 Å². The Morgan fingerprint density at radius 3 is 2.42 bits per heavy atom. The molecular formula is C20H27N9O3S. The maximum Gasteiger partial charge on any atom is 0.219 e. The van der Waals surface area contributed by atoms with E-state index < -0.39 is 10.0 Å². The minimum absolute atomic E-state index is 0.201. The van der Waals surface area contributed by atoms with Gasteiger partial charge in [0.25, 0.3) is 0 Å². The number of piperazine rings is 1. The number of nitrogens with two attached hydrogens (primary N) is 1. The molecule has 0 unspecified atom stereocenters. The number of rotatable bonds is 5. The smallest absolute Gasteiger partial charge is 0.219 e. The van der Waals surface area contributed by atoms with E-state index in [1.165, 1.54) is 10.6 Å². The van der Waals surface area contributed by atoms with Gasteiger partial charge in [-0.1, -0.05) is 0 Å². The van der Waals surface area contributed by atoms with Crippen LogP contribution in [0.4, 0.5) is 11.8 Å². The Bertz CT molecular complexity index is 1230. The number of ether oxygens (including phenoxy) is 1. The van der Waals surface area contributed by atoms with E-state index >= 15 is 0 Å². The van der Waals surface area contributed by atoms with Crippen LogP contribution in [0.25, 0.3) is 16.9 Å². The highest BCUT2D eigenvalue weighted by Gasteiger charge is 2.24. The molecule has 0 spiro atoms. The van der Waals surface area contributed by atoms with Crippen molar-refractivity contribution >= 4 is 27.3 Å². The molecule has 0 amide bonds. The van der Waals surface area contributed by atoms with Gasteiger partial charge in [-0.15, -0.1) is 5.10 Å². The summed E-state index contributed by atoms with van der Waals surface area (Å²) in [6, 6.07) is 2.11. The van der Waals surface area contributed by atoms with E-state index in [2.05, 4.69) is 25.8 Å². The molecule has 2 saturated heterocycles. The number of aromatic nitrogens is 5. The van der Waals surface area contributed by atoms with Gasteiger partial charge in [-0.05, 0) is 11.6 Å². The molecule has 2 aliphatic heterocycles. The number of nitrogens with zero attached hydrogens (tertiary/aromatic N) is 8. The fourth-order valence-corrected chi connectivity index (χ4v) is 5.01. The van der Waals surface area contributed by atoms with Crippen molar-refractivity contribution in [3.05, 3.63) is 30.2 Å². The standard InChI is InChI=1S/C20H27N9O3S/c1-33(30,31)28-4-2-26(3-5-28)13-15-10-17-19(27-6-8-32-9-7-27)24-18(25-29(17)14-15)16-11-22-20(21)23-12-16/h10-12,14H,2-9,13H2,1H3,(H2,21,22,23). The van der Waals surface area contributed by atoms with E-state index in [9.17, 15) is 8.42 Å². The Morgan fingerprint density at radius 1 is 1.06 bits per heavy atom. The van der Waals surface area contributed by atoms with Gasteiger partial charge in [0.2, 0.25) is 16.0 Å². The molecule has 2 N–H and O–H groups in total. The van der Waals surface area contributed by atoms with Crippen LogP contribution in [0.5, 0.6) is 0 Å². The van der Waals surface area contributed by atoms with Crippen LogP contribution in [0, 0.1) is 0 Å². The van der Waals surface area contributed by atoms with Gasteiger partial charge >= 0.3 is 0 Å². The van der Waals surface area contributed by atoms with E-state index in [1.54, 1.807) is 12.4 Å². The predicted molar refractivity (Wildman–Crippen MR) is 123 cm³/mol.